The summed E-state index contributed by atoms with van der Waals surface area (Å²) >= 11 is 0. The van der Waals surface area contributed by atoms with E-state index in [9.17, 15) is 4.39 Å². The Balaban J connectivity index is 0.00000210. The zero-order chi connectivity index (χ0) is 18.1. The molecule has 1 unspecified atom stereocenters. The van der Waals surface area contributed by atoms with Crippen molar-refractivity contribution < 1.29 is 8.91 Å². The number of nitrogens with zero attached hydrogens (tertiary/aromatic N) is 4. The van der Waals surface area contributed by atoms with Crippen LogP contribution in [0, 0.1) is 5.82 Å². The van der Waals surface area contributed by atoms with Crippen molar-refractivity contribution in [3.05, 3.63) is 41.8 Å². The highest BCUT2D eigenvalue weighted by Crippen LogP contribution is 2.35. The summed E-state index contributed by atoms with van der Waals surface area (Å²) in [7, 11) is 0. The van der Waals surface area contributed by atoms with Crippen LogP contribution in [0.15, 0.2) is 28.8 Å². The number of nitrogens with two attached hydrogens (primary N) is 1. The fourth-order valence-corrected chi connectivity index (χ4v) is 4.01. The summed E-state index contributed by atoms with van der Waals surface area (Å²) in [6, 6.07) is 6.75. The molecule has 0 radical (unpaired) electrons. The van der Waals surface area contributed by atoms with Gasteiger partial charge in [-0.25, -0.2) is 4.39 Å². The van der Waals surface area contributed by atoms with E-state index in [0.717, 1.165) is 57.5 Å². The third-order valence-corrected chi connectivity index (χ3v) is 5.79. The predicted molar refractivity (Wildman–Crippen MR) is 104 cm³/mol. The molecule has 1 saturated carbocycles. The Kier molecular flexibility index (Phi) is 6.03. The SMILES string of the molecule is CC(c1nc(C2(N)CCCC2)no1)N1CCN(c2ccc(F)cc2)CC1.Cl. The Labute approximate surface area is 165 Å². The first-order valence-corrected chi connectivity index (χ1v) is 9.43. The molecule has 2 fully saturated rings. The zero-order valence-corrected chi connectivity index (χ0v) is 16.4. The maximum absolute atomic E-state index is 13.1. The number of halogens is 2. The molecule has 2 heterocycles. The molecule has 1 saturated heterocycles. The summed E-state index contributed by atoms with van der Waals surface area (Å²) in [5.74, 6) is 1.10. The minimum atomic E-state index is -0.414. The average molecular weight is 396 g/mol. The molecule has 6 nitrogen and oxygen atoms in total. The minimum absolute atomic E-state index is 0. The van der Waals surface area contributed by atoms with Gasteiger partial charge in [0.2, 0.25) is 5.89 Å². The predicted octanol–water partition coefficient (Wildman–Crippen LogP) is 3.24. The van der Waals surface area contributed by atoms with Crippen molar-refractivity contribution in [1.29, 1.82) is 0 Å². The van der Waals surface area contributed by atoms with Crippen molar-refractivity contribution in [3.63, 3.8) is 0 Å². The quantitative estimate of drug-likeness (QED) is 0.856. The van der Waals surface area contributed by atoms with E-state index >= 15 is 0 Å². The Hall–Kier alpha value is -1.70. The van der Waals surface area contributed by atoms with Gasteiger partial charge in [0.15, 0.2) is 5.82 Å². The van der Waals surface area contributed by atoms with Gasteiger partial charge < -0.3 is 15.2 Å². The number of anilines is 1. The van der Waals surface area contributed by atoms with Crippen LogP contribution in [-0.2, 0) is 5.54 Å². The molecule has 2 aliphatic rings. The van der Waals surface area contributed by atoms with Gasteiger partial charge in [-0.05, 0) is 44.0 Å². The van der Waals surface area contributed by atoms with Crippen molar-refractivity contribution in [2.24, 2.45) is 5.73 Å². The van der Waals surface area contributed by atoms with Crippen LogP contribution in [0.25, 0.3) is 0 Å². The largest absolute Gasteiger partial charge is 0.369 e. The van der Waals surface area contributed by atoms with Crippen molar-refractivity contribution in [2.75, 3.05) is 31.1 Å². The lowest BCUT2D eigenvalue weighted by atomic mass is 9.99. The Morgan fingerprint density at radius 3 is 2.37 bits per heavy atom. The zero-order valence-electron chi connectivity index (χ0n) is 15.6. The van der Waals surface area contributed by atoms with E-state index in [1.54, 1.807) is 0 Å². The van der Waals surface area contributed by atoms with Crippen LogP contribution < -0.4 is 10.6 Å². The first-order chi connectivity index (χ1) is 12.5. The lowest BCUT2D eigenvalue weighted by Gasteiger charge is -2.38. The molecule has 0 amide bonds. The molecule has 1 atom stereocenters. The van der Waals surface area contributed by atoms with Crippen LogP contribution in [0.1, 0.15) is 50.4 Å². The molecule has 1 aliphatic carbocycles. The van der Waals surface area contributed by atoms with Gasteiger partial charge >= 0.3 is 0 Å². The van der Waals surface area contributed by atoms with Crippen LogP contribution in [0.2, 0.25) is 0 Å². The van der Waals surface area contributed by atoms with Gasteiger partial charge in [-0.2, -0.15) is 4.98 Å². The number of piperazine rings is 1. The monoisotopic (exact) mass is 395 g/mol. The Bertz CT molecular complexity index is 739. The third-order valence-electron chi connectivity index (χ3n) is 5.79. The van der Waals surface area contributed by atoms with Crippen LogP contribution in [0.5, 0.6) is 0 Å². The molecule has 4 rings (SSSR count). The highest BCUT2D eigenvalue weighted by atomic mass is 35.5. The van der Waals surface area contributed by atoms with Gasteiger partial charge in [-0.1, -0.05) is 18.0 Å². The van der Waals surface area contributed by atoms with Crippen LogP contribution in [0.3, 0.4) is 0 Å². The normalized spacial score (nSPS) is 21.1. The maximum atomic E-state index is 13.1. The fourth-order valence-electron chi connectivity index (χ4n) is 4.01. The van der Waals surface area contributed by atoms with Crippen molar-refractivity contribution in [2.45, 2.75) is 44.2 Å². The third kappa shape index (κ3) is 4.10. The van der Waals surface area contributed by atoms with E-state index in [0.29, 0.717) is 11.7 Å². The Morgan fingerprint density at radius 2 is 1.74 bits per heavy atom. The van der Waals surface area contributed by atoms with Crippen molar-refractivity contribution in [1.82, 2.24) is 15.0 Å². The van der Waals surface area contributed by atoms with Crippen molar-refractivity contribution in [3.8, 4) is 0 Å². The molecule has 1 aromatic carbocycles. The first-order valence-electron chi connectivity index (χ1n) is 9.43. The lowest BCUT2D eigenvalue weighted by molar-refractivity contribution is 0.164. The first kappa shape index (κ1) is 20.0. The second-order valence-electron chi connectivity index (χ2n) is 7.49. The minimum Gasteiger partial charge on any atom is -0.369 e. The van der Waals surface area contributed by atoms with E-state index in [-0.39, 0.29) is 24.3 Å². The van der Waals surface area contributed by atoms with Gasteiger partial charge in [-0.15, -0.1) is 12.4 Å². The highest BCUT2D eigenvalue weighted by molar-refractivity contribution is 5.85. The van der Waals surface area contributed by atoms with E-state index in [4.69, 9.17) is 10.3 Å². The molecule has 0 spiro atoms. The smallest absolute Gasteiger partial charge is 0.243 e. The molecule has 0 bridgehead atoms. The van der Waals surface area contributed by atoms with E-state index in [2.05, 4.69) is 26.9 Å². The van der Waals surface area contributed by atoms with Crippen molar-refractivity contribution >= 4 is 18.1 Å². The molecular formula is C19H27ClFN5O. The summed E-state index contributed by atoms with van der Waals surface area (Å²) in [5.41, 5.74) is 7.08. The molecule has 8 heteroatoms. The second-order valence-corrected chi connectivity index (χ2v) is 7.49. The number of hydrogen-bond acceptors (Lipinski definition) is 6. The number of aromatic nitrogens is 2. The van der Waals surface area contributed by atoms with Crippen LogP contribution in [-0.4, -0.2) is 41.2 Å². The molecule has 1 aromatic heterocycles. The van der Waals surface area contributed by atoms with Gasteiger partial charge in [0, 0.05) is 31.9 Å². The molecule has 2 aromatic rings. The summed E-state index contributed by atoms with van der Waals surface area (Å²) in [6.07, 6.45) is 4.11. The molecule has 148 valence electrons. The Morgan fingerprint density at radius 1 is 1.11 bits per heavy atom. The van der Waals surface area contributed by atoms with Gasteiger partial charge in [0.1, 0.15) is 5.82 Å². The number of benzene rings is 1. The maximum Gasteiger partial charge on any atom is 0.243 e. The molecule has 1 aliphatic heterocycles. The van der Waals surface area contributed by atoms with E-state index in [1.807, 2.05) is 12.1 Å². The molecular weight excluding hydrogens is 369 g/mol. The average Bonchev–Trinajstić information content (AvgIpc) is 3.32. The standard InChI is InChI=1S/C19H26FN5O.ClH/c1-14(17-22-18(23-26-17)19(21)8-2-3-9-19)24-10-12-25(13-11-24)16-6-4-15(20)5-7-16;/h4-7,14H,2-3,8-13,21H2,1H3;1H. The van der Waals surface area contributed by atoms with Crippen LogP contribution >= 0.6 is 12.4 Å². The van der Waals surface area contributed by atoms with E-state index < -0.39 is 5.54 Å². The molecule has 2 N–H and O–H groups in total. The summed E-state index contributed by atoms with van der Waals surface area (Å²) in [5, 5.41) is 4.17. The van der Waals surface area contributed by atoms with Gasteiger partial charge in [-0.3, -0.25) is 4.90 Å². The topological polar surface area (TPSA) is 71.4 Å². The molecule has 27 heavy (non-hydrogen) atoms. The summed E-state index contributed by atoms with van der Waals surface area (Å²) in [4.78, 5) is 9.24. The van der Waals surface area contributed by atoms with Gasteiger partial charge in [0.25, 0.3) is 0 Å². The fraction of sp³-hybridized carbons (Fsp3) is 0.579. The summed E-state index contributed by atoms with van der Waals surface area (Å²) < 4.78 is 18.6. The number of hydrogen-bond donors (Lipinski definition) is 1. The second kappa shape index (κ2) is 8.12. The van der Waals surface area contributed by atoms with E-state index in [1.165, 1.54) is 12.1 Å². The summed E-state index contributed by atoms with van der Waals surface area (Å²) in [6.45, 7) is 5.66. The number of rotatable bonds is 4. The lowest BCUT2D eigenvalue weighted by Crippen LogP contribution is -2.47. The van der Waals surface area contributed by atoms with Gasteiger partial charge in [0.05, 0.1) is 11.6 Å². The van der Waals surface area contributed by atoms with Crippen LogP contribution in [0.4, 0.5) is 10.1 Å². The highest BCUT2D eigenvalue weighted by Gasteiger charge is 2.37.